The zero-order chi connectivity index (χ0) is 27.1. The fourth-order valence-electron chi connectivity index (χ4n) is 4.32. The highest BCUT2D eigenvalue weighted by Gasteiger charge is 2.39. The van der Waals surface area contributed by atoms with Gasteiger partial charge in [-0.05, 0) is 84.6 Å². The van der Waals surface area contributed by atoms with E-state index in [0.29, 0.717) is 17.6 Å². The summed E-state index contributed by atoms with van der Waals surface area (Å²) in [6, 6.07) is 17.7. The molecular formula is C31H52O3Si2. The first-order valence-electron chi connectivity index (χ1n) is 13.8. The third kappa shape index (κ3) is 9.72. The van der Waals surface area contributed by atoms with Crippen LogP contribution in [0.15, 0.2) is 48.5 Å². The first kappa shape index (κ1) is 30.7. The molecule has 36 heavy (non-hydrogen) atoms. The topological polar surface area (TPSA) is 38.7 Å². The van der Waals surface area contributed by atoms with Gasteiger partial charge in [0.25, 0.3) is 0 Å². The van der Waals surface area contributed by atoms with Crippen LogP contribution in [0.25, 0.3) is 0 Å². The Kier molecular flexibility index (Phi) is 10.9. The maximum Gasteiger partial charge on any atom is 0.196 e. The zero-order valence-corrected chi connectivity index (χ0v) is 26.7. The normalized spacial score (nSPS) is 15.4. The van der Waals surface area contributed by atoms with Crippen molar-refractivity contribution in [1.82, 2.24) is 0 Å². The van der Waals surface area contributed by atoms with Crippen LogP contribution in [0.4, 0.5) is 0 Å². The Morgan fingerprint density at radius 3 is 1.92 bits per heavy atom. The lowest BCUT2D eigenvalue weighted by molar-refractivity contribution is -0.0122. The summed E-state index contributed by atoms with van der Waals surface area (Å²) < 4.78 is 13.2. The number of hydrogen-bond donors (Lipinski definition) is 1. The minimum Gasteiger partial charge on any atom is -0.508 e. The molecule has 0 aromatic heterocycles. The molecule has 3 unspecified atom stereocenters. The molecule has 0 saturated carbocycles. The van der Waals surface area contributed by atoms with Crippen LogP contribution in [-0.4, -0.2) is 27.8 Å². The lowest BCUT2D eigenvalue weighted by atomic mass is 9.84. The molecule has 0 amide bonds. The second-order valence-electron chi connectivity index (χ2n) is 13.3. The van der Waals surface area contributed by atoms with Gasteiger partial charge in [0.15, 0.2) is 14.6 Å². The van der Waals surface area contributed by atoms with E-state index in [4.69, 9.17) is 9.16 Å². The van der Waals surface area contributed by atoms with Gasteiger partial charge >= 0.3 is 0 Å². The molecule has 3 atom stereocenters. The van der Waals surface area contributed by atoms with Gasteiger partial charge < -0.3 is 14.3 Å². The maximum atomic E-state index is 9.63. The predicted octanol–water partition coefficient (Wildman–Crippen LogP) is 9.92. The Morgan fingerprint density at radius 2 is 1.42 bits per heavy atom. The molecule has 5 heteroatoms. The van der Waals surface area contributed by atoms with Gasteiger partial charge in [-0.1, -0.05) is 84.6 Å². The summed E-state index contributed by atoms with van der Waals surface area (Å²) in [5, 5.41) is 9.78. The van der Waals surface area contributed by atoms with Gasteiger partial charge in [-0.25, -0.2) is 0 Å². The van der Waals surface area contributed by atoms with Gasteiger partial charge in [0.1, 0.15) is 11.5 Å². The summed E-state index contributed by atoms with van der Waals surface area (Å²) in [5.41, 5.74) is 2.63. The van der Waals surface area contributed by atoms with Gasteiger partial charge in [-0.2, -0.15) is 0 Å². The highest BCUT2D eigenvalue weighted by molar-refractivity contribution is 6.76. The number of aromatic hydroxyl groups is 1. The minimum absolute atomic E-state index is 0.153. The van der Waals surface area contributed by atoms with Crippen molar-refractivity contribution in [3.8, 4) is 11.5 Å². The van der Waals surface area contributed by atoms with E-state index in [0.717, 1.165) is 31.4 Å². The molecule has 0 saturated heterocycles. The highest BCUT2D eigenvalue weighted by Crippen LogP contribution is 2.38. The van der Waals surface area contributed by atoms with E-state index in [-0.39, 0.29) is 11.3 Å². The second kappa shape index (κ2) is 12.8. The van der Waals surface area contributed by atoms with Crippen LogP contribution < -0.4 is 4.74 Å². The third-order valence-corrected chi connectivity index (χ3v) is 14.1. The molecule has 0 fully saturated rings. The molecule has 0 aliphatic carbocycles. The zero-order valence-electron chi connectivity index (χ0n) is 24.7. The standard InChI is InChI=1S/C31H52O3Si2/c1-11-25(27-14-18-28(32)19-15-27)23-24(2)26-16-20-29(21-17-26)33-30(13-12-22-35(6,7)8)34-36(9,10)31(3,4)5/h14-21,24-25,30,32H,11-13,22-23H2,1-10H3. The van der Waals surface area contributed by atoms with Gasteiger partial charge in [0, 0.05) is 14.5 Å². The minimum atomic E-state index is -1.93. The lowest BCUT2D eigenvalue weighted by Crippen LogP contribution is -2.45. The van der Waals surface area contributed by atoms with Crippen LogP contribution in [0.2, 0.25) is 43.8 Å². The predicted molar refractivity (Wildman–Crippen MR) is 161 cm³/mol. The van der Waals surface area contributed by atoms with Crippen molar-refractivity contribution in [3.05, 3.63) is 59.7 Å². The Morgan fingerprint density at radius 1 is 0.861 bits per heavy atom. The third-order valence-electron chi connectivity index (χ3n) is 7.81. The summed E-state index contributed by atoms with van der Waals surface area (Å²) in [5.74, 6) is 2.14. The molecular weight excluding hydrogens is 477 g/mol. The molecule has 0 bridgehead atoms. The van der Waals surface area contributed by atoms with E-state index >= 15 is 0 Å². The van der Waals surface area contributed by atoms with Crippen molar-refractivity contribution in [1.29, 1.82) is 0 Å². The second-order valence-corrected chi connectivity index (χ2v) is 23.7. The van der Waals surface area contributed by atoms with Crippen LogP contribution in [0.5, 0.6) is 11.5 Å². The summed E-state index contributed by atoms with van der Waals surface area (Å²) in [7, 11) is -3.02. The average Bonchev–Trinajstić information content (AvgIpc) is 2.76. The van der Waals surface area contributed by atoms with Crippen molar-refractivity contribution in [2.45, 2.75) is 122 Å². The first-order valence-corrected chi connectivity index (χ1v) is 20.5. The highest BCUT2D eigenvalue weighted by atomic mass is 28.4. The summed E-state index contributed by atoms with van der Waals surface area (Å²) in [6.07, 6.45) is 4.07. The Labute approximate surface area is 223 Å². The van der Waals surface area contributed by atoms with Crippen molar-refractivity contribution >= 4 is 16.4 Å². The quantitative estimate of drug-likeness (QED) is 0.208. The number of hydrogen-bond acceptors (Lipinski definition) is 3. The number of ether oxygens (including phenoxy) is 1. The molecule has 0 spiro atoms. The van der Waals surface area contributed by atoms with E-state index < -0.39 is 16.4 Å². The molecule has 1 N–H and O–H groups in total. The van der Waals surface area contributed by atoms with Gasteiger partial charge in [0.05, 0.1) is 0 Å². The Balaban J connectivity index is 2.08. The van der Waals surface area contributed by atoms with Crippen LogP contribution in [0.1, 0.15) is 83.3 Å². The molecule has 2 aromatic rings. The molecule has 2 rings (SSSR count). The number of phenolic OH excluding ortho intramolecular Hbond substituents is 1. The average molecular weight is 529 g/mol. The van der Waals surface area contributed by atoms with E-state index in [1.165, 1.54) is 17.2 Å². The molecule has 0 aliphatic rings. The monoisotopic (exact) mass is 528 g/mol. The Hall–Kier alpha value is -1.57. The van der Waals surface area contributed by atoms with Crippen LogP contribution in [0, 0.1) is 0 Å². The van der Waals surface area contributed by atoms with Gasteiger partial charge in [0.2, 0.25) is 0 Å². The van der Waals surface area contributed by atoms with E-state index in [2.05, 4.69) is 104 Å². The van der Waals surface area contributed by atoms with Crippen molar-refractivity contribution in [2.75, 3.05) is 0 Å². The van der Waals surface area contributed by atoms with E-state index in [9.17, 15) is 5.11 Å². The maximum absolute atomic E-state index is 9.63. The van der Waals surface area contributed by atoms with E-state index in [1.807, 2.05) is 0 Å². The molecule has 2 aromatic carbocycles. The van der Waals surface area contributed by atoms with Gasteiger partial charge in [-0.3, -0.25) is 0 Å². The van der Waals surface area contributed by atoms with Crippen molar-refractivity contribution in [3.63, 3.8) is 0 Å². The van der Waals surface area contributed by atoms with Crippen LogP contribution in [0.3, 0.4) is 0 Å². The molecule has 0 radical (unpaired) electrons. The molecule has 0 aliphatic heterocycles. The first-order chi connectivity index (χ1) is 16.6. The largest absolute Gasteiger partial charge is 0.508 e. The van der Waals surface area contributed by atoms with Gasteiger partial charge in [-0.15, -0.1) is 0 Å². The molecule has 3 nitrogen and oxygen atoms in total. The van der Waals surface area contributed by atoms with Crippen LogP contribution in [-0.2, 0) is 4.43 Å². The SMILES string of the molecule is CCC(CC(C)c1ccc(OC(CCC[Si](C)(C)C)O[Si](C)(C)C(C)(C)C)cc1)c1ccc(O)cc1. The van der Waals surface area contributed by atoms with E-state index in [1.54, 1.807) is 12.1 Å². The summed E-state index contributed by atoms with van der Waals surface area (Å²) in [6.45, 7) is 23.3. The summed E-state index contributed by atoms with van der Waals surface area (Å²) >= 11 is 0. The fraction of sp³-hybridized carbons (Fsp3) is 0.613. The number of phenols is 1. The van der Waals surface area contributed by atoms with Crippen molar-refractivity contribution < 1.29 is 14.3 Å². The van der Waals surface area contributed by atoms with Crippen molar-refractivity contribution in [2.24, 2.45) is 0 Å². The summed E-state index contributed by atoms with van der Waals surface area (Å²) in [4.78, 5) is 0. The Bertz CT molecular complexity index is 909. The fourth-order valence-corrected chi connectivity index (χ4v) is 6.76. The smallest absolute Gasteiger partial charge is 0.196 e. The van der Waals surface area contributed by atoms with Crippen LogP contribution >= 0.6 is 0 Å². The molecule has 0 heterocycles. The lowest BCUT2D eigenvalue weighted by Gasteiger charge is -2.39. The number of rotatable bonds is 13. The number of benzene rings is 2. The molecule has 202 valence electrons.